The highest BCUT2D eigenvalue weighted by atomic mass is 32.1. The molecule has 0 fully saturated rings. The lowest BCUT2D eigenvalue weighted by Crippen LogP contribution is -2.27. The van der Waals surface area contributed by atoms with Gasteiger partial charge < -0.3 is 4.74 Å². The Kier molecular flexibility index (Phi) is 4.38. The number of hydrogen-bond donors (Lipinski definition) is 1. The highest BCUT2D eigenvalue weighted by Gasteiger charge is 2.17. The van der Waals surface area contributed by atoms with Crippen molar-refractivity contribution in [1.82, 2.24) is 9.97 Å². The van der Waals surface area contributed by atoms with Crippen LogP contribution < -0.4 is 5.32 Å². The van der Waals surface area contributed by atoms with Crippen molar-refractivity contribution < 1.29 is 9.53 Å². The molecule has 0 radical (unpaired) electrons. The van der Waals surface area contributed by atoms with Gasteiger partial charge in [-0.25, -0.2) is 9.78 Å². The Hall–Kier alpha value is -2.98. The maximum absolute atomic E-state index is 11.8. The van der Waals surface area contributed by atoms with E-state index in [1.54, 1.807) is 39.1 Å². The van der Waals surface area contributed by atoms with Crippen molar-refractivity contribution in [2.75, 3.05) is 5.32 Å². The minimum atomic E-state index is -0.568. The van der Waals surface area contributed by atoms with Crippen molar-refractivity contribution in [3.05, 3.63) is 42.1 Å². The number of pyridine rings is 1. The van der Waals surface area contributed by atoms with Crippen molar-refractivity contribution in [3.8, 4) is 17.2 Å². The van der Waals surface area contributed by atoms with Gasteiger partial charge in [-0.1, -0.05) is 23.5 Å². The fraction of sp³-hybridized carbons (Fsp3) is 0.222. The van der Waals surface area contributed by atoms with Crippen molar-refractivity contribution in [1.29, 1.82) is 5.26 Å². The fourth-order valence-corrected chi connectivity index (χ4v) is 3.01. The van der Waals surface area contributed by atoms with Crippen LogP contribution in [0.2, 0.25) is 0 Å². The summed E-state index contributed by atoms with van der Waals surface area (Å²) in [4.78, 5) is 20.5. The molecule has 0 saturated heterocycles. The Balaban J connectivity index is 1.84. The third-order valence-corrected chi connectivity index (χ3v) is 4.11. The van der Waals surface area contributed by atoms with Gasteiger partial charge in [0.1, 0.15) is 5.60 Å². The van der Waals surface area contributed by atoms with Gasteiger partial charge in [0.2, 0.25) is 0 Å². The average Bonchev–Trinajstić information content (AvgIpc) is 2.94. The number of amides is 1. The lowest BCUT2D eigenvalue weighted by atomic mass is 10.1. The van der Waals surface area contributed by atoms with E-state index in [4.69, 9.17) is 10.00 Å². The number of nitrogens with zero attached hydrogens (tertiary/aromatic N) is 3. The third kappa shape index (κ3) is 4.11. The monoisotopic (exact) mass is 352 g/mol. The van der Waals surface area contributed by atoms with E-state index in [0.29, 0.717) is 16.3 Å². The Labute approximate surface area is 149 Å². The maximum Gasteiger partial charge on any atom is 0.413 e. The number of carbonyl (C=O) groups is 1. The lowest BCUT2D eigenvalue weighted by molar-refractivity contribution is 0.0636. The second-order valence-electron chi connectivity index (χ2n) is 6.38. The van der Waals surface area contributed by atoms with Crippen LogP contribution in [0.15, 0.2) is 36.5 Å². The van der Waals surface area contributed by atoms with E-state index in [2.05, 4.69) is 21.4 Å². The van der Waals surface area contributed by atoms with Gasteiger partial charge in [0, 0.05) is 11.8 Å². The van der Waals surface area contributed by atoms with E-state index in [1.807, 2.05) is 18.2 Å². The summed E-state index contributed by atoms with van der Waals surface area (Å²) in [6.45, 7) is 5.41. The number of ether oxygens (including phenoxy) is 1. The average molecular weight is 352 g/mol. The molecule has 2 heterocycles. The normalized spacial score (nSPS) is 11.1. The molecular weight excluding hydrogens is 336 g/mol. The van der Waals surface area contributed by atoms with Crippen molar-refractivity contribution >= 4 is 32.9 Å². The van der Waals surface area contributed by atoms with Crippen LogP contribution in [0.4, 0.5) is 9.93 Å². The van der Waals surface area contributed by atoms with E-state index in [0.717, 1.165) is 15.8 Å². The van der Waals surface area contributed by atoms with Gasteiger partial charge in [-0.3, -0.25) is 5.32 Å². The molecule has 6 nitrogen and oxygen atoms in total. The number of hydrogen-bond acceptors (Lipinski definition) is 6. The molecule has 7 heteroatoms. The van der Waals surface area contributed by atoms with Crippen LogP contribution in [0.1, 0.15) is 26.3 Å². The molecule has 0 aliphatic heterocycles. The summed E-state index contributed by atoms with van der Waals surface area (Å²) in [5, 5.41) is 11.9. The lowest BCUT2D eigenvalue weighted by Gasteiger charge is -2.18. The molecule has 3 aromatic rings. The van der Waals surface area contributed by atoms with Gasteiger partial charge in [-0.15, -0.1) is 0 Å². The van der Waals surface area contributed by atoms with E-state index >= 15 is 0 Å². The van der Waals surface area contributed by atoms with Gasteiger partial charge in [0.05, 0.1) is 16.3 Å². The van der Waals surface area contributed by atoms with Crippen molar-refractivity contribution in [3.63, 3.8) is 0 Å². The van der Waals surface area contributed by atoms with Crippen LogP contribution in [0.5, 0.6) is 0 Å². The summed E-state index contributed by atoms with van der Waals surface area (Å²) in [5.41, 5.74) is 2.49. The molecule has 1 N–H and O–H groups in total. The first-order valence-corrected chi connectivity index (χ1v) is 8.43. The predicted molar refractivity (Wildman–Crippen MR) is 97.4 cm³/mol. The molecule has 126 valence electrons. The standard InChI is InChI=1S/C18H16N4O2S/c1-18(2,3)24-17(23)22-16-21-15-14(25-16)8-13(10-20-15)12-6-4-11(9-19)5-7-12/h4-8,10H,1-3H3,(H,20,21,22,23). The summed E-state index contributed by atoms with van der Waals surface area (Å²) in [5.74, 6) is 0. The topological polar surface area (TPSA) is 87.9 Å². The first-order valence-electron chi connectivity index (χ1n) is 7.61. The number of nitrogens with one attached hydrogen (secondary N) is 1. The molecule has 1 aromatic carbocycles. The highest BCUT2D eigenvalue weighted by Crippen LogP contribution is 2.29. The predicted octanol–water partition coefficient (Wildman–Crippen LogP) is 4.58. The van der Waals surface area contributed by atoms with E-state index in [9.17, 15) is 4.79 Å². The van der Waals surface area contributed by atoms with Gasteiger partial charge in [0.15, 0.2) is 10.8 Å². The molecule has 0 bridgehead atoms. The Morgan fingerprint density at radius 1 is 1.24 bits per heavy atom. The molecule has 0 aliphatic rings. The van der Waals surface area contributed by atoms with Crippen LogP contribution in [0.3, 0.4) is 0 Å². The van der Waals surface area contributed by atoms with Gasteiger partial charge in [0.25, 0.3) is 0 Å². The fourth-order valence-electron chi connectivity index (χ4n) is 2.16. The van der Waals surface area contributed by atoms with Crippen LogP contribution in [0.25, 0.3) is 21.5 Å². The summed E-state index contributed by atoms with van der Waals surface area (Å²) >= 11 is 1.33. The molecule has 25 heavy (non-hydrogen) atoms. The number of benzene rings is 1. The molecule has 0 spiro atoms. The number of rotatable bonds is 2. The number of fused-ring (bicyclic) bond motifs is 1. The van der Waals surface area contributed by atoms with Crippen molar-refractivity contribution in [2.24, 2.45) is 0 Å². The van der Waals surface area contributed by atoms with Gasteiger partial charge in [-0.2, -0.15) is 10.2 Å². The SMILES string of the molecule is CC(C)(C)OC(=O)Nc1nc2ncc(-c3ccc(C#N)cc3)cc2s1. The first kappa shape index (κ1) is 16.9. The van der Waals surface area contributed by atoms with E-state index in [-0.39, 0.29) is 0 Å². The van der Waals surface area contributed by atoms with Crippen molar-refractivity contribution in [2.45, 2.75) is 26.4 Å². The molecule has 0 aliphatic carbocycles. The number of carbonyl (C=O) groups excluding carboxylic acids is 1. The minimum Gasteiger partial charge on any atom is -0.444 e. The number of anilines is 1. The molecule has 2 aromatic heterocycles. The largest absolute Gasteiger partial charge is 0.444 e. The third-order valence-electron chi connectivity index (χ3n) is 3.20. The Morgan fingerprint density at radius 2 is 1.96 bits per heavy atom. The first-order chi connectivity index (χ1) is 11.8. The van der Waals surface area contributed by atoms with Crippen LogP contribution in [-0.4, -0.2) is 21.7 Å². The zero-order valence-corrected chi connectivity index (χ0v) is 14.8. The summed E-state index contributed by atoms with van der Waals surface area (Å²) in [6.07, 6.45) is 1.18. The van der Waals surface area contributed by atoms with Gasteiger partial charge >= 0.3 is 6.09 Å². The molecule has 0 saturated carbocycles. The van der Waals surface area contributed by atoms with Crippen LogP contribution >= 0.6 is 11.3 Å². The zero-order chi connectivity index (χ0) is 18.0. The molecule has 0 atom stereocenters. The highest BCUT2D eigenvalue weighted by molar-refractivity contribution is 7.22. The summed E-state index contributed by atoms with van der Waals surface area (Å²) in [7, 11) is 0. The van der Waals surface area contributed by atoms with Crippen LogP contribution in [0, 0.1) is 11.3 Å². The van der Waals surface area contributed by atoms with Gasteiger partial charge in [-0.05, 0) is 44.5 Å². The quantitative estimate of drug-likeness (QED) is 0.729. The van der Waals surface area contributed by atoms with E-state index < -0.39 is 11.7 Å². The summed E-state index contributed by atoms with van der Waals surface area (Å²) < 4.78 is 6.08. The molecule has 1 amide bonds. The molecular formula is C18H16N4O2S. The maximum atomic E-state index is 11.8. The Morgan fingerprint density at radius 3 is 2.60 bits per heavy atom. The summed E-state index contributed by atoms with van der Waals surface area (Å²) in [6, 6.07) is 11.3. The smallest absolute Gasteiger partial charge is 0.413 e. The minimum absolute atomic E-state index is 0.439. The second kappa shape index (κ2) is 6.49. The second-order valence-corrected chi connectivity index (χ2v) is 7.41. The number of aromatic nitrogens is 2. The molecule has 0 unspecified atom stereocenters. The van der Waals surface area contributed by atoms with Crippen LogP contribution in [-0.2, 0) is 4.74 Å². The molecule has 3 rings (SSSR count). The van der Waals surface area contributed by atoms with E-state index in [1.165, 1.54) is 11.3 Å². The zero-order valence-electron chi connectivity index (χ0n) is 14.0. The number of nitriles is 1. The Bertz CT molecular complexity index is 965. The number of thiazole rings is 1.